The summed E-state index contributed by atoms with van der Waals surface area (Å²) in [5.41, 5.74) is 8.73. The average Bonchev–Trinajstić information content (AvgIpc) is 2.54. The van der Waals surface area contributed by atoms with E-state index in [1.807, 2.05) is 0 Å². The van der Waals surface area contributed by atoms with Crippen molar-refractivity contribution in [2.24, 2.45) is 0 Å². The molecule has 0 saturated carbocycles. The maximum atomic E-state index is 4.93. The maximum absolute atomic E-state index is 4.93. The molecule has 1 atom stereocenters. The second kappa shape index (κ2) is 5.77. The highest BCUT2D eigenvalue weighted by atomic mass is 15.2. The van der Waals surface area contributed by atoms with E-state index in [2.05, 4.69) is 90.0 Å². The highest BCUT2D eigenvalue weighted by Crippen LogP contribution is 2.42. The molecule has 0 radical (unpaired) electrons. The average molecular weight is 320 g/mol. The summed E-state index contributed by atoms with van der Waals surface area (Å²) in [5.74, 6) is 0.442. The van der Waals surface area contributed by atoms with Gasteiger partial charge in [0.1, 0.15) is 0 Å². The molecule has 0 amide bonds. The van der Waals surface area contributed by atoms with Crippen LogP contribution in [0.25, 0.3) is 6.08 Å². The molecule has 0 N–H and O–H groups in total. The van der Waals surface area contributed by atoms with E-state index in [4.69, 9.17) is 4.98 Å². The molecule has 2 aromatic rings. The Hall–Kier alpha value is -2.09. The third-order valence-electron chi connectivity index (χ3n) is 5.56. The van der Waals surface area contributed by atoms with E-state index >= 15 is 0 Å². The van der Waals surface area contributed by atoms with E-state index in [0.29, 0.717) is 5.92 Å². The second-order valence-electron chi connectivity index (χ2n) is 7.58. The molecule has 2 heteroatoms. The maximum Gasteiger partial charge on any atom is 0.0892 e. The Bertz CT molecular complexity index is 817. The molecule has 3 rings (SSSR count). The van der Waals surface area contributed by atoms with E-state index in [1.54, 1.807) is 0 Å². The lowest BCUT2D eigenvalue weighted by atomic mass is 9.77. The second-order valence-corrected chi connectivity index (χ2v) is 7.58. The van der Waals surface area contributed by atoms with E-state index in [9.17, 15) is 0 Å². The standard InChI is InChI=1S/C22H28N2/c1-14(2)20-9-8-18-21(23-20)10-11-24(7)22(18,6)19-13-15(3)12-16(4)17(19)5/h8-14H,1-7H3. The van der Waals surface area contributed by atoms with Crippen molar-refractivity contribution in [2.45, 2.75) is 53.0 Å². The van der Waals surface area contributed by atoms with E-state index in [0.717, 1.165) is 11.4 Å². The smallest absolute Gasteiger partial charge is 0.0892 e. The number of nitrogens with zero attached hydrogens (tertiary/aromatic N) is 2. The number of aryl methyl sites for hydroxylation is 2. The Labute approximate surface area is 146 Å². The van der Waals surface area contributed by atoms with Gasteiger partial charge in [-0.2, -0.15) is 0 Å². The minimum absolute atomic E-state index is 0.201. The molecule has 1 aromatic heterocycles. The monoisotopic (exact) mass is 320 g/mol. The molecule has 2 nitrogen and oxygen atoms in total. The Balaban J connectivity index is 2.27. The van der Waals surface area contributed by atoms with Crippen LogP contribution in [0.2, 0.25) is 0 Å². The van der Waals surface area contributed by atoms with E-state index in [-0.39, 0.29) is 5.54 Å². The molecular weight excluding hydrogens is 292 g/mol. The van der Waals surface area contributed by atoms with Crippen LogP contribution in [0.5, 0.6) is 0 Å². The Kier molecular flexibility index (Phi) is 4.03. The van der Waals surface area contributed by atoms with Crippen molar-refractivity contribution in [3.05, 3.63) is 69.7 Å². The summed E-state index contributed by atoms with van der Waals surface area (Å²) in [6.45, 7) is 13.3. The van der Waals surface area contributed by atoms with Gasteiger partial charge in [0.15, 0.2) is 0 Å². The molecule has 0 fully saturated rings. The Morgan fingerprint density at radius 1 is 1.04 bits per heavy atom. The van der Waals surface area contributed by atoms with Crippen molar-refractivity contribution < 1.29 is 0 Å². The first-order valence-corrected chi connectivity index (χ1v) is 8.76. The highest BCUT2D eigenvalue weighted by Gasteiger charge is 2.38. The lowest BCUT2D eigenvalue weighted by Gasteiger charge is -2.43. The van der Waals surface area contributed by atoms with Gasteiger partial charge < -0.3 is 4.90 Å². The molecule has 1 aliphatic heterocycles. The zero-order valence-electron chi connectivity index (χ0n) is 15.9. The SMILES string of the molecule is Cc1cc(C)c(C)c(C2(C)c3ccc(C(C)C)nc3C=CN2C)c1. The van der Waals surface area contributed by atoms with Crippen LogP contribution in [0, 0.1) is 20.8 Å². The summed E-state index contributed by atoms with van der Waals surface area (Å²) in [7, 11) is 2.16. The summed E-state index contributed by atoms with van der Waals surface area (Å²) in [6, 6.07) is 9.06. The predicted molar refractivity (Wildman–Crippen MR) is 102 cm³/mol. The molecule has 1 unspecified atom stereocenters. The fraction of sp³-hybridized carbons (Fsp3) is 0.409. The van der Waals surface area contributed by atoms with Gasteiger partial charge in [0.2, 0.25) is 0 Å². The van der Waals surface area contributed by atoms with Gasteiger partial charge in [-0.05, 0) is 62.4 Å². The largest absolute Gasteiger partial charge is 0.367 e. The molecule has 126 valence electrons. The number of hydrogen-bond acceptors (Lipinski definition) is 2. The van der Waals surface area contributed by atoms with Crippen molar-refractivity contribution in [1.82, 2.24) is 9.88 Å². The number of fused-ring (bicyclic) bond motifs is 1. The molecule has 1 aliphatic rings. The fourth-order valence-corrected chi connectivity index (χ4v) is 3.75. The quantitative estimate of drug-likeness (QED) is 0.745. The highest BCUT2D eigenvalue weighted by molar-refractivity contribution is 5.60. The summed E-state index contributed by atoms with van der Waals surface area (Å²) in [5, 5.41) is 0. The normalized spacial score (nSPS) is 19.8. The minimum Gasteiger partial charge on any atom is -0.367 e. The van der Waals surface area contributed by atoms with Gasteiger partial charge in [0, 0.05) is 24.5 Å². The van der Waals surface area contributed by atoms with Crippen LogP contribution in [-0.4, -0.2) is 16.9 Å². The molecule has 0 saturated heterocycles. The first-order valence-electron chi connectivity index (χ1n) is 8.76. The van der Waals surface area contributed by atoms with Crippen LogP contribution in [0.4, 0.5) is 0 Å². The van der Waals surface area contributed by atoms with Crippen LogP contribution >= 0.6 is 0 Å². The van der Waals surface area contributed by atoms with Gasteiger partial charge in [-0.3, -0.25) is 4.98 Å². The number of pyridine rings is 1. The van der Waals surface area contributed by atoms with Crippen molar-refractivity contribution in [3.63, 3.8) is 0 Å². The molecule has 24 heavy (non-hydrogen) atoms. The van der Waals surface area contributed by atoms with Gasteiger partial charge in [-0.1, -0.05) is 37.6 Å². The van der Waals surface area contributed by atoms with Crippen molar-refractivity contribution in [2.75, 3.05) is 7.05 Å². The van der Waals surface area contributed by atoms with E-state index in [1.165, 1.54) is 27.8 Å². The zero-order chi connectivity index (χ0) is 17.6. The summed E-state index contributed by atoms with van der Waals surface area (Å²) >= 11 is 0. The van der Waals surface area contributed by atoms with Gasteiger partial charge >= 0.3 is 0 Å². The first-order chi connectivity index (χ1) is 11.2. The molecule has 1 aromatic carbocycles. The van der Waals surface area contributed by atoms with E-state index < -0.39 is 0 Å². The third-order valence-corrected chi connectivity index (χ3v) is 5.56. The van der Waals surface area contributed by atoms with Crippen molar-refractivity contribution in [1.29, 1.82) is 0 Å². The summed E-state index contributed by atoms with van der Waals surface area (Å²) in [4.78, 5) is 7.24. The van der Waals surface area contributed by atoms with Crippen LogP contribution < -0.4 is 0 Å². The number of rotatable bonds is 2. The van der Waals surface area contributed by atoms with Crippen LogP contribution in [-0.2, 0) is 5.54 Å². The molecule has 0 bridgehead atoms. The van der Waals surface area contributed by atoms with Crippen molar-refractivity contribution in [3.8, 4) is 0 Å². The zero-order valence-corrected chi connectivity index (χ0v) is 15.9. The van der Waals surface area contributed by atoms with Gasteiger partial charge in [-0.25, -0.2) is 0 Å². The first kappa shape index (κ1) is 16.8. The molecule has 0 spiro atoms. The van der Waals surface area contributed by atoms with Gasteiger partial charge in [-0.15, -0.1) is 0 Å². The summed E-state index contributed by atoms with van der Waals surface area (Å²) in [6.07, 6.45) is 4.30. The van der Waals surface area contributed by atoms with Crippen molar-refractivity contribution >= 4 is 6.08 Å². The minimum atomic E-state index is -0.201. The number of benzene rings is 1. The van der Waals surface area contributed by atoms with Crippen LogP contribution in [0.1, 0.15) is 65.9 Å². The Morgan fingerprint density at radius 3 is 2.42 bits per heavy atom. The predicted octanol–water partition coefficient (Wildman–Crippen LogP) is 5.31. The van der Waals surface area contributed by atoms with Crippen LogP contribution in [0.15, 0.2) is 30.5 Å². The number of aromatic nitrogens is 1. The Morgan fingerprint density at radius 2 is 1.75 bits per heavy atom. The lowest BCUT2D eigenvalue weighted by molar-refractivity contribution is 0.249. The molecule has 0 aliphatic carbocycles. The lowest BCUT2D eigenvalue weighted by Crippen LogP contribution is -2.42. The molecule has 2 heterocycles. The molecular formula is C22H28N2. The van der Waals surface area contributed by atoms with Crippen LogP contribution in [0.3, 0.4) is 0 Å². The van der Waals surface area contributed by atoms with Gasteiger partial charge in [0.05, 0.1) is 11.2 Å². The fourth-order valence-electron chi connectivity index (χ4n) is 3.75. The third kappa shape index (κ3) is 2.45. The number of hydrogen-bond donors (Lipinski definition) is 0. The topological polar surface area (TPSA) is 16.1 Å². The summed E-state index contributed by atoms with van der Waals surface area (Å²) < 4.78 is 0. The van der Waals surface area contributed by atoms with Gasteiger partial charge in [0.25, 0.3) is 0 Å².